The molecule has 5 heteroatoms. The number of carbonyl (C=O) groups excluding carboxylic acids is 3. The van der Waals surface area contributed by atoms with E-state index in [1.807, 2.05) is 45.0 Å². The van der Waals surface area contributed by atoms with Gasteiger partial charge in [0, 0.05) is 31.0 Å². The van der Waals surface area contributed by atoms with E-state index in [0.29, 0.717) is 18.7 Å². The summed E-state index contributed by atoms with van der Waals surface area (Å²) in [5.41, 5.74) is 1.52. The molecule has 0 spiro atoms. The molecule has 0 aliphatic carbocycles. The average molecular weight is 360 g/mol. The molecule has 2 amide bonds. The van der Waals surface area contributed by atoms with Crippen LogP contribution in [-0.4, -0.2) is 31.2 Å². The Morgan fingerprint density at radius 1 is 0.962 bits per heavy atom. The molecule has 2 N–H and O–H groups in total. The number of hydrogen-bond donors (Lipinski definition) is 2. The minimum Gasteiger partial charge on any atom is -0.354 e. The number of nitrogens with one attached hydrogen (secondary N) is 2. The zero-order valence-electron chi connectivity index (χ0n) is 16.8. The minimum atomic E-state index is -0.374. The van der Waals surface area contributed by atoms with Crippen molar-refractivity contribution in [1.29, 1.82) is 0 Å². The molecule has 1 atom stereocenters. The number of rotatable bonds is 7. The summed E-state index contributed by atoms with van der Waals surface area (Å²) in [4.78, 5) is 35.2. The van der Waals surface area contributed by atoms with Crippen LogP contribution in [0.5, 0.6) is 0 Å². The molecule has 0 radical (unpaired) electrons. The van der Waals surface area contributed by atoms with Crippen LogP contribution in [0.25, 0.3) is 0 Å². The number of hydrogen-bond acceptors (Lipinski definition) is 3. The number of benzene rings is 1. The number of amides is 2. The van der Waals surface area contributed by atoms with Gasteiger partial charge in [-0.1, -0.05) is 53.7 Å². The summed E-state index contributed by atoms with van der Waals surface area (Å²) in [5.74, 6) is -0.700. The van der Waals surface area contributed by atoms with Gasteiger partial charge in [-0.3, -0.25) is 9.59 Å². The van der Waals surface area contributed by atoms with E-state index in [9.17, 15) is 14.4 Å². The van der Waals surface area contributed by atoms with Crippen LogP contribution in [0.1, 0.15) is 63.9 Å². The molecule has 26 heavy (non-hydrogen) atoms. The highest BCUT2D eigenvalue weighted by molar-refractivity contribution is 5.94. The Morgan fingerprint density at radius 2 is 1.50 bits per heavy atom. The molecule has 0 heterocycles. The highest BCUT2D eigenvalue weighted by Crippen LogP contribution is 2.28. The number of aldehydes is 1. The van der Waals surface area contributed by atoms with Gasteiger partial charge in [0.15, 0.2) is 0 Å². The van der Waals surface area contributed by atoms with Crippen LogP contribution in [0.3, 0.4) is 0 Å². The molecular weight excluding hydrogens is 328 g/mol. The standard InChI is InChI=1S/C21H32N2O3/c1-20(2,3)16-9-7-15(8-10-16)18(25)22-12-13-23-19(26)17(11-14-24)21(4,5)6/h7-10,14,17H,11-13H2,1-6H3,(H,22,25)(H,23,26). The Kier molecular flexibility index (Phi) is 7.54. The molecular formula is C21H32N2O3. The predicted molar refractivity (Wildman–Crippen MR) is 104 cm³/mol. The van der Waals surface area contributed by atoms with Crippen LogP contribution in [0.2, 0.25) is 0 Å². The van der Waals surface area contributed by atoms with Crippen molar-refractivity contribution in [2.45, 2.75) is 53.4 Å². The molecule has 0 aromatic heterocycles. The largest absolute Gasteiger partial charge is 0.354 e. The van der Waals surface area contributed by atoms with Crippen LogP contribution in [0.15, 0.2) is 24.3 Å². The van der Waals surface area contributed by atoms with E-state index in [2.05, 4.69) is 31.4 Å². The fourth-order valence-corrected chi connectivity index (χ4v) is 2.66. The van der Waals surface area contributed by atoms with Crippen molar-refractivity contribution in [1.82, 2.24) is 10.6 Å². The Labute approximate surface area is 156 Å². The van der Waals surface area contributed by atoms with E-state index >= 15 is 0 Å². The summed E-state index contributed by atoms with van der Waals surface area (Å²) in [6, 6.07) is 7.55. The molecule has 144 valence electrons. The zero-order chi connectivity index (χ0) is 20.0. The summed E-state index contributed by atoms with van der Waals surface area (Å²) in [6.45, 7) is 12.8. The van der Waals surface area contributed by atoms with E-state index in [4.69, 9.17) is 0 Å². The SMILES string of the molecule is CC(C)(C)c1ccc(C(=O)NCCNC(=O)C(CC=O)C(C)(C)C)cc1. The normalized spacial score (nSPS) is 13.0. The van der Waals surface area contributed by atoms with Crippen molar-refractivity contribution in [3.05, 3.63) is 35.4 Å². The first-order valence-electron chi connectivity index (χ1n) is 9.07. The summed E-state index contributed by atoms with van der Waals surface area (Å²) in [6.07, 6.45) is 0.973. The quantitative estimate of drug-likeness (QED) is 0.579. The van der Waals surface area contributed by atoms with Gasteiger partial charge in [-0.25, -0.2) is 0 Å². The first-order chi connectivity index (χ1) is 12.0. The number of carbonyl (C=O) groups is 3. The van der Waals surface area contributed by atoms with E-state index in [1.54, 1.807) is 0 Å². The average Bonchev–Trinajstić information content (AvgIpc) is 2.54. The van der Waals surface area contributed by atoms with Crippen molar-refractivity contribution < 1.29 is 14.4 Å². The van der Waals surface area contributed by atoms with Gasteiger partial charge >= 0.3 is 0 Å². The molecule has 1 unspecified atom stereocenters. The first kappa shape index (κ1) is 21.9. The van der Waals surface area contributed by atoms with Gasteiger partial charge in [0.2, 0.25) is 5.91 Å². The van der Waals surface area contributed by atoms with E-state index < -0.39 is 0 Å². The highest BCUT2D eigenvalue weighted by Gasteiger charge is 2.30. The molecule has 0 bridgehead atoms. The third-order valence-electron chi connectivity index (χ3n) is 4.42. The minimum absolute atomic E-state index is 0.0460. The lowest BCUT2D eigenvalue weighted by atomic mass is 9.78. The first-order valence-corrected chi connectivity index (χ1v) is 9.07. The molecule has 0 fully saturated rings. The Morgan fingerprint density at radius 3 is 1.96 bits per heavy atom. The third kappa shape index (κ3) is 6.62. The molecule has 1 aromatic rings. The summed E-state index contributed by atoms with van der Waals surface area (Å²) in [7, 11) is 0. The van der Waals surface area contributed by atoms with Crippen molar-refractivity contribution in [2.75, 3.05) is 13.1 Å². The van der Waals surface area contributed by atoms with Gasteiger partial charge in [0.05, 0.1) is 0 Å². The highest BCUT2D eigenvalue weighted by atomic mass is 16.2. The summed E-state index contributed by atoms with van der Waals surface area (Å²) in [5, 5.41) is 5.60. The lowest BCUT2D eigenvalue weighted by molar-refractivity contribution is -0.130. The fraction of sp³-hybridized carbons (Fsp3) is 0.571. The van der Waals surface area contributed by atoms with Crippen molar-refractivity contribution in [3.8, 4) is 0 Å². The topological polar surface area (TPSA) is 75.3 Å². The second kappa shape index (κ2) is 8.97. The zero-order valence-corrected chi connectivity index (χ0v) is 16.8. The second-order valence-corrected chi connectivity index (χ2v) is 8.70. The molecule has 1 aromatic carbocycles. The lowest BCUT2D eigenvalue weighted by Gasteiger charge is -2.28. The summed E-state index contributed by atoms with van der Waals surface area (Å²) < 4.78 is 0. The molecule has 0 saturated carbocycles. The molecule has 0 saturated heterocycles. The molecule has 5 nitrogen and oxygen atoms in total. The summed E-state index contributed by atoms with van der Waals surface area (Å²) >= 11 is 0. The van der Waals surface area contributed by atoms with E-state index in [-0.39, 0.29) is 35.0 Å². The maximum atomic E-state index is 12.2. The lowest BCUT2D eigenvalue weighted by Crippen LogP contribution is -2.41. The maximum absolute atomic E-state index is 12.2. The van der Waals surface area contributed by atoms with Crippen molar-refractivity contribution in [2.24, 2.45) is 11.3 Å². The van der Waals surface area contributed by atoms with Gasteiger partial charge in [0.1, 0.15) is 6.29 Å². The van der Waals surface area contributed by atoms with Crippen LogP contribution in [0, 0.1) is 11.3 Å². The Bertz CT molecular complexity index is 622. The van der Waals surface area contributed by atoms with Crippen LogP contribution in [-0.2, 0) is 15.0 Å². The van der Waals surface area contributed by atoms with Gasteiger partial charge < -0.3 is 15.4 Å². The van der Waals surface area contributed by atoms with E-state index in [0.717, 1.165) is 6.29 Å². The van der Waals surface area contributed by atoms with Gasteiger partial charge in [-0.2, -0.15) is 0 Å². The van der Waals surface area contributed by atoms with Crippen molar-refractivity contribution in [3.63, 3.8) is 0 Å². The van der Waals surface area contributed by atoms with Gasteiger partial charge in [-0.15, -0.1) is 0 Å². The molecule has 0 aliphatic rings. The Hall–Kier alpha value is -2.17. The third-order valence-corrected chi connectivity index (χ3v) is 4.42. The van der Waals surface area contributed by atoms with Crippen LogP contribution in [0.4, 0.5) is 0 Å². The Balaban J connectivity index is 2.49. The van der Waals surface area contributed by atoms with Gasteiger partial charge in [0.25, 0.3) is 5.91 Å². The van der Waals surface area contributed by atoms with Crippen LogP contribution < -0.4 is 10.6 Å². The van der Waals surface area contributed by atoms with Gasteiger partial charge in [-0.05, 0) is 28.5 Å². The predicted octanol–water partition coefficient (Wildman–Crippen LogP) is 3.08. The van der Waals surface area contributed by atoms with Crippen LogP contribution >= 0.6 is 0 Å². The second-order valence-electron chi connectivity index (χ2n) is 8.70. The fourth-order valence-electron chi connectivity index (χ4n) is 2.66. The maximum Gasteiger partial charge on any atom is 0.251 e. The molecule has 0 aliphatic heterocycles. The molecule has 1 rings (SSSR count). The van der Waals surface area contributed by atoms with E-state index in [1.165, 1.54) is 5.56 Å². The smallest absolute Gasteiger partial charge is 0.251 e. The monoisotopic (exact) mass is 360 g/mol. The van der Waals surface area contributed by atoms with Crippen molar-refractivity contribution >= 4 is 18.1 Å².